The maximum atomic E-state index is 10.6. The molecule has 2 heteroatoms. The second-order valence-corrected chi connectivity index (χ2v) is 3.39. The van der Waals surface area contributed by atoms with Gasteiger partial charge in [0.25, 0.3) is 0 Å². The lowest BCUT2D eigenvalue weighted by Gasteiger charge is -2.04. The van der Waals surface area contributed by atoms with Gasteiger partial charge in [0.1, 0.15) is 0 Å². The monoisotopic (exact) mass is 177 g/mol. The van der Waals surface area contributed by atoms with E-state index < -0.39 is 5.97 Å². The standard InChI is InChI=1S/C11H13O2/c1-8(2)6-9-4-3-5-10(7-9)11(12)13/h3-5,7H,6H2,1-2H3,(H,12,13). The summed E-state index contributed by atoms with van der Waals surface area (Å²) in [5, 5.41) is 8.74. The summed E-state index contributed by atoms with van der Waals surface area (Å²) in [5.41, 5.74) is 1.42. The Labute approximate surface area is 78.2 Å². The van der Waals surface area contributed by atoms with E-state index in [0.29, 0.717) is 5.56 Å². The van der Waals surface area contributed by atoms with Crippen molar-refractivity contribution < 1.29 is 9.90 Å². The van der Waals surface area contributed by atoms with E-state index in [1.54, 1.807) is 18.2 Å². The van der Waals surface area contributed by atoms with Gasteiger partial charge < -0.3 is 5.11 Å². The van der Waals surface area contributed by atoms with Crippen molar-refractivity contribution in [1.82, 2.24) is 0 Å². The first kappa shape index (κ1) is 9.78. The van der Waals surface area contributed by atoms with E-state index in [0.717, 1.165) is 12.0 Å². The van der Waals surface area contributed by atoms with Gasteiger partial charge in [0, 0.05) is 0 Å². The van der Waals surface area contributed by atoms with Gasteiger partial charge in [-0.25, -0.2) is 4.79 Å². The van der Waals surface area contributed by atoms with Crippen molar-refractivity contribution in [3.8, 4) is 0 Å². The fraction of sp³-hybridized carbons (Fsp3) is 0.273. The number of rotatable bonds is 3. The smallest absolute Gasteiger partial charge is 0.335 e. The average molecular weight is 177 g/mol. The molecule has 2 nitrogen and oxygen atoms in total. The van der Waals surface area contributed by atoms with Gasteiger partial charge in [0.05, 0.1) is 5.56 Å². The van der Waals surface area contributed by atoms with E-state index in [1.807, 2.05) is 19.9 Å². The van der Waals surface area contributed by atoms with Crippen molar-refractivity contribution in [3.63, 3.8) is 0 Å². The van der Waals surface area contributed by atoms with Crippen LogP contribution in [0, 0.1) is 5.92 Å². The van der Waals surface area contributed by atoms with Crippen molar-refractivity contribution in [2.45, 2.75) is 20.3 Å². The van der Waals surface area contributed by atoms with Crippen LogP contribution in [-0.4, -0.2) is 11.1 Å². The summed E-state index contributed by atoms with van der Waals surface area (Å²) in [6.45, 7) is 4.07. The van der Waals surface area contributed by atoms with Crippen molar-refractivity contribution in [1.29, 1.82) is 0 Å². The van der Waals surface area contributed by atoms with Gasteiger partial charge >= 0.3 is 5.97 Å². The minimum Gasteiger partial charge on any atom is -0.478 e. The summed E-state index contributed by atoms with van der Waals surface area (Å²) in [6, 6.07) is 7.05. The lowest BCUT2D eigenvalue weighted by molar-refractivity contribution is 0.0697. The SMILES string of the molecule is C[C](C)Cc1cccc(C(=O)O)c1. The zero-order chi connectivity index (χ0) is 9.84. The molecule has 0 amide bonds. The maximum Gasteiger partial charge on any atom is 0.335 e. The second-order valence-electron chi connectivity index (χ2n) is 3.39. The van der Waals surface area contributed by atoms with Gasteiger partial charge in [-0.2, -0.15) is 0 Å². The Morgan fingerprint density at radius 2 is 2.08 bits per heavy atom. The summed E-state index contributed by atoms with van der Waals surface area (Å²) in [6.07, 6.45) is 0.848. The van der Waals surface area contributed by atoms with Gasteiger partial charge in [-0.15, -0.1) is 0 Å². The quantitative estimate of drug-likeness (QED) is 0.770. The third kappa shape index (κ3) is 2.90. The number of benzene rings is 1. The van der Waals surface area contributed by atoms with Crippen LogP contribution in [0.1, 0.15) is 29.8 Å². The number of aromatic carboxylic acids is 1. The Morgan fingerprint density at radius 1 is 1.38 bits per heavy atom. The number of carbonyl (C=O) groups is 1. The normalized spacial score (nSPS) is 10.4. The topological polar surface area (TPSA) is 37.3 Å². The van der Waals surface area contributed by atoms with Crippen LogP contribution < -0.4 is 0 Å². The highest BCUT2D eigenvalue weighted by Gasteiger charge is 2.04. The molecule has 13 heavy (non-hydrogen) atoms. The molecule has 0 aliphatic heterocycles. The molecule has 0 aliphatic rings. The molecular formula is C11H13O2. The summed E-state index contributed by atoms with van der Waals surface area (Å²) in [4.78, 5) is 10.6. The predicted octanol–water partition coefficient (Wildman–Crippen LogP) is 2.54. The fourth-order valence-electron chi connectivity index (χ4n) is 1.22. The molecule has 1 N–H and O–H groups in total. The van der Waals surface area contributed by atoms with Gasteiger partial charge in [0.15, 0.2) is 0 Å². The summed E-state index contributed by atoms with van der Waals surface area (Å²) in [7, 11) is 0. The zero-order valence-electron chi connectivity index (χ0n) is 7.87. The minimum atomic E-state index is -0.865. The highest BCUT2D eigenvalue weighted by molar-refractivity contribution is 5.87. The Morgan fingerprint density at radius 3 is 2.62 bits per heavy atom. The van der Waals surface area contributed by atoms with Crippen molar-refractivity contribution in [2.75, 3.05) is 0 Å². The van der Waals surface area contributed by atoms with Gasteiger partial charge in [-0.3, -0.25) is 0 Å². The Hall–Kier alpha value is -1.31. The van der Waals surface area contributed by atoms with Crippen molar-refractivity contribution >= 4 is 5.97 Å². The Bertz CT molecular complexity index is 303. The molecule has 1 aromatic carbocycles. The number of carboxylic acid groups (broad SMARTS) is 1. The summed E-state index contributed by atoms with van der Waals surface area (Å²) in [5.74, 6) is 0.415. The van der Waals surface area contributed by atoms with E-state index in [-0.39, 0.29) is 0 Å². The van der Waals surface area contributed by atoms with E-state index in [4.69, 9.17) is 5.11 Å². The molecule has 0 bridgehead atoms. The molecule has 0 saturated carbocycles. The zero-order valence-corrected chi connectivity index (χ0v) is 7.87. The highest BCUT2D eigenvalue weighted by atomic mass is 16.4. The van der Waals surface area contributed by atoms with Crippen LogP contribution in [0.5, 0.6) is 0 Å². The average Bonchev–Trinajstić information content (AvgIpc) is 2.03. The van der Waals surface area contributed by atoms with Crippen LogP contribution in [0.2, 0.25) is 0 Å². The second kappa shape index (κ2) is 4.08. The van der Waals surface area contributed by atoms with Crippen LogP contribution in [0.15, 0.2) is 24.3 Å². The molecule has 0 fully saturated rings. The maximum absolute atomic E-state index is 10.6. The van der Waals surface area contributed by atoms with E-state index in [9.17, 15) is 4.79 Å². The van der Waals surface area contributed by atoms with E-state index in [2.05, 4.69) is 0 Å². The lowest BCUT2D eigenvalue weighted by Crippen LogP contribution is -1.98. The fourth-order valence-corrected chi connectivity index (χ4v) is 1.22. The Balaban J connectivity index is 2.85. The van der Waals surface area contributed by atoms with Crippen molar-refractivity contribution in [2.24, 2.45) is 0 Å². The molecule has 0 spiro atoms. The molecule has 1 rings (SSSR count). The van der Waals surface area contributed by atoms with Crippen LogP contribution in [0.3, 0.4) is 0 Å². The van der Waals surface area contributed by atoms with Crippen LogP contribution in [0.4, 0.5) is 0 Å². The number of hydrogen-bond acceptors (Lipinski definition) is 1. The Kier molecular flexibility index (Phi) is 3.07. The van der Waals surface area contributed by atoms with Crippen molar-refractivity contribution in [3.05, 3.63) is 41.3 Å². The molecule has 69 valence electrons. The molecule has 0 atom stereocenters. The molecule has 1 radical (unpaired) electrons. The largest absolute Gasteiger partial charge is 0.478 e. The van der Waals surface area contributed by atoms with Gasteiger partial charge in [-0.1, -0.05) is 26.0 Å². The summed E-state index contributed by atoms with van der Waals surface area (Å²) < 4.78 is 0. The molecule has 0 aliphatic carbocycles. The number of carboxylic acids is 1. The van der Waals surface area contributed by atoms with E-state index in [1.165, 1.54) is 5.92 Å². The van der Waals surface area contributed by atoms with Gasteiger partial charge in [-0.05, 0) is 30.0 Å². The first-order valence-electron chi connectivity index (χ1n) is 4.21. The molecule has 1 aromatic rings. The lowest BCUT2D eigenvalue weighted by atomic mass is 10.0. The molecule has 0 heterocycles. The third-order valence-electron chi connectivity index (χ3n) is 1.73. The molecular weight excluding hydrogens is 164 g/mol. The molecule has 0 unspecified atom stereocenters. The highest BCUT2D eigenvalue weighted by Crippen LogP contribution is 2.11. The van der Waals surface area contributed by atoms with E-state index >= 15 is 0 Å². The van der Waals surface area contributed by atoms with Gasteiger partial charge in [0.2, 0.25) is 0 Å². The first-order chi connectivity index (χ1) is 6.09. The molecule has 0 saturated heterocycles. The van der Waals surface area contributed by atoms with Crippen LogP contribution >= 0.6 is 0 Å². The van der Waals surface area contributed by atoms with Crippen LogP contribution in [0.25, 0.3) is 0 Å². The minimum absolute atomic E-state index is 0.360. The van der Waals surface area contributed by atoms with Crippen LogP contribution in [-0.2, 0) is 6.42 Å². The summed E-state index contributed by atoms with van der Waals surface area (Å²) >= 11 is 0. The number of hydrogen-bond donors (Lipinski definition) is 1. The first-order valence-corrected chi connectivity index (χ1v) is 4.21. The predicted molar refractivity (Wildman–Crippen MR) is 51.7 cm³/mol. The molecule has 0 aromatic heterocycles. The third-order valence-corrected chi connectivity index (χ3v) is 1.73.